The average molecular weight is 362 g/mol. The van der Waals surface area contributed by atoms with Gasteiger partial charge in [0.25, 0.3) is 0 Å². The Hall–Kier alpha value is -3.28. The van der Waals surface area contributed by atoms with Crippen LogP contribution in [-0.4, -0.2) is 28.6 Å². The Kier molecular flexibility index (Phi) is 4.54. The first-order valence-corrected chi connectivity index (χ1v) is 8.95. The summed E-state index contributed by atoms with van der Waals surface area (Å²) in [5.74, 6) is 2.30. The molecule has 0 aliphatic rings. The van der Waals surface area contributed by atoms with E-state index in [1.54, 1.807) is 14.2 Å². The predicted molar refractivity (Wildman–Crippen MR) is 107 cm³/mol. The lowest BCUT2D eigenvalue weighted by Crippen LogP contribution is -2.08. The molecule has 138 valence electrons. The van der Waals surface area contributed by atoms with Gasteiger partial charge in [-0.05, 0) is 30.7 Å². The highest BCUT2D eigenvalue weighted by molar-refractivity contribution is 5.92. The fourth-order valence-electron chi connectivity index (χ4n) is 3.18. The van der Waals surface area contributed by atoms with Crippen LogP contribution in [0.3, 0.4) is 0 Å². The second-order valence-electron chi connectivity index (χ2n) is 6.26. The number of para-hydroxylation sites is 1. The molecule has 0 aliphatic carbocycles. The molecular weight excluding hydrogens is 340 g/mol. The van der Waals surface area contributed by atoms with Gasteiger partial charge in [0.05, 0.1) is 25.4 Å². The third-order valence-electron chi connectivity index (χ3n) is 4.65. The van der Waals surface area contributed by atoms with E-state index >= 15 is 0 Å². The standard InChI is InChI=1S/C21H22N4O2/c1-4-15-13-25-20(23-15)17-7-5-6-8-18(17)24-21(25)22-12-14-9-10-16(26-2)11-19(14)27-3/h5-11,13H,4,12H2,1-3H3,(H,22,24). The fourth-order valence-corrected chi connectivity index (χ4v) is 3.18. The quantitative estimate of drug-likeness (QED) is 0.560. The van der Waals surface area contributed by atoms with Gasteiger partial charge in [-0.2, -0.15) is 0 Å². The summed E-state index contributed by atoms with van der Waals surface area (Å²) in [7, 11) is 3.31. The molecule has 2 aromatic heterocycles. The molecule has 0 aliphatic heterocycles. The summed E-state index contributed by atoms with van der Waals surface area (Å²) in [5.41, 5.74) is 3.90. The maximum atomic E-state index is 5.50. The van der Waals surface area contributed by atoms with Crippen molar-refractivity contribution in [3.8, 4) is 11.5 Å². The molecule has 1 N–H and O–H groups in total. The molecule has 0 fully saturated rings. The van der Waals surface area contributed by atoms with Gasteiger partial charge in [-0.3, -0.25) is 4.40 Å². The van der Waals surface area contributed by atoms with Gasteiger partial charge in [0.2, 0.25) is 5.95 Å². The molecule has 0 atom stereocenters. The molecule has 27 heavy (non-hydrogen) atoms. The molecule has 0 radical (unpaired) electrons. The minimum absolute atomic E-state index is 0.577. The third kappa shape index (κ3) is 3.14. The molecule has 0 amide bonds. The largest absolute Gasteiger partial charge is 0.497 e. The second kappa shape index (κ2) is 7.15. The zero-order valence-corrected chi connectivity index (χ0v) is 15.7. The highest BCUT2D eigenvalue weighted by Crippen LogP contribution is 2.26. The summed E-state index contributed by atoms with van der Waals surface area (Å²) >= 11 is 0. The van der Waals surface area contributed by atoms with Crippen LogP contribution in [0, 0.1) is 0 Å². The molecule has 0 bridgehead atoms. The lowest BCUT2D eigenvalue weighted by atomic mass is 10.2. The first kappa shape index (κ1) is 17.1. The summed E-state index contributed by atoms with van der Waals surface area (Å²) in [6.45, 7) is 2.68. The van der Waals surface area contributed by atoms with E-state index in [2.05, 4.69) is 18.3 Å². The number of ether oxygens (including phenoxy) is 2. The predicted octanol–water partition coefficient (Wildman–Crippen LogP) is 4.07. The first-order valence-electron chi connectivity index (χ1n) is 8.95. The summed E-state index contributed by atoms with van der Waals surface area (Å²) < 4.78 is 12.8. The Labute approximate surface area is 157 Å². The van der Waals surface area contributed by atoms with Gasteiger partial charge in [-0.1, -0.05) is 19.1 Å². The molecule has 0 spiro atoms. The zero-order valence-electron chi connectivity index (χ0n) is 15.7. The van der Waals surface area contributed by atoms with Gasteiger partial charge in [-0.25, -0.2) is 9.97 Å². The monoisotopic (exact) mass is 362 g/mol. The van der Waals surface area contributed by atoms with E-state index in [9.17, 15) is 0 Å². The van der Waals surface area contributed by atoms with Crippen LogP contribution < -0.4 is 14.8 Å². The van der Waals surface area contributed by atoms with E-state index < -0.39 is 0 Å². The van der Waals surface area contributed by atoms with Crippen molar-refractivity contribution >= 4 is 22.5 Å². The lowest BCUT2D eigenvalue weighted by Gasteiger charge is -2.13. The molecule has 6 heteroatoms. The van der Waals surface area contributed by atoms with E-state index in [-0.39, 0.29) is 0 Å². The van der Waals surface area contributed by atoms with Crippen LogP contribution in [0.2, 0.25) is 0 Å². The van der Waals surface area contributed by atoms with Crippen molar-refractivity contribution < 1.29 is 9.47 Å². The number of hydrogen-bond donors (Lipinski definition) is 1. The maximum absolute atomic E-state index is 5.50. The number of fused-ring (bicyclic) bond motifs is 3. The summed E-state index contributed by atoms with van der Waals surface area (Å²) in [4.78, 5) is 9.57. The van der Waals surface area contributed by atoms with Crippen molar-refractivity contribution in [2.45, 2.75) is 19.9 Å². The summed E-state index contributed by atoms with van der Waals surface area (Å²) in [5, 5.41) is 4.48. The molecule has 4 aromatic rings. The lowest BCUT2D eigenvalue weighted by molar-refractivity contribution is 0.391. The van der Waals surface area contributed by atoms with Crippen LogP contribution in [0.5, 0.6) is 11.5 Å². The highest BCUT2D eigenvalue weighted by atomic mass is 16.5. The number of nitrogens with zero attached hydrogens (tertiary/aromatic N) is 3. The number of imidazole rings is 1. The van der Waals surface area contributed by atoms with Crippen molar-refractivity contribution in [1.29, 1.82) is 0 Å². The van der Waals surface area contributed by atoms with Crippen molar-refractivity contribution in [2.75, 3.05) is 19.5 Å². The van der Waals surface area contributed by atoms with Gasteiger partial charge in [-0.15, -0.1) is 0 Å². The van der Waals surface area contributed by atoms with E-state index in [1.807, 2.05) is 47.0 Å². The van der Waals surface area contributed by atoms with Gasteiger partial charge in [0.15, 0.2) is 0 Å². The normalized spacial score (nSPS) is 11.1. The summed E-state index contributed by atoms with van der Waals surface area (Å²) in [6.07, 6.45) is 2.92. The van der Waals surface area contributed by atoms with Gasteiger partial charge in [0.1, 0.15) is 17.1 Å². The van der Waals surface area contributed by atoms with Gasteiger partial charge >= 0.3 is 0 Å². The average Bonchev–Trinajstić information content (AvgIpc) is 3.17. The molecule has 0 saturated heterocycles. The number of nitrogens with one attached hydrogen (secondary N) is 1. The topological polar surface area (TPSA) is 60.7 Å². The van der Waals surface area contributed by atoms with Crippen molar-refractivity contribution in [3.63, 3.8) is 0 Å². The van der Waals surface area contributed by atoms with Crippen molar-refractivity contribution in [1.82, 2.24) is 14.4 Å². The molecule has 6 nitrogen and oxygen atoms in total. The third-order valence-corrected chi connectivity index (χ3v) is 4.65. The first-order chi connectivity index (χ1) is 13.2. The van der Waals surface area contributed by atoms with E-state index in [1.165, 1.54) is 0 Å². The Morgan fingerprint density at radius 3 is 2.67 bits per heavy atom. The second-order valence-corrected chi connectivity index (χ2v) is 6.26. The van der Waals surface area contributed by atoms with Crippen LogP contribution in [0.25, 0.3) is 16.6 Å². The van der Waals surface area contributed by atoms with E-state index in [0.717, 1.165) is 51.7 Å². The van der Waals surface area contributed by atoms with Gasteiger partial charge in [0, 0.05) is 29.8 Å². The number of aryl methyl sites for hydroxylation is 1. The number of methoxy groups -OCH3 is 2. The van der Waals surface area contributed by atoms with E-state index in [0.29, 0.717) is 6.54 Å². The summed E-state index contributed by atoms with van der Waals surface area (Å²) in [6, 6.07) is 13.9. The van der Waals surface area contributed by atoms with Crippen LogP contribution in [0.1, 0.15) is 18.2 Å². The number of aromatic nitrogens is 3. The van der Waals surface area contributed by atoms with Crippen LogP contribution in [0.4, 0.5) is 5.95 Å². The Balaban J connectivity index is 1.74. The van der Waals surface area contributed by atoms with Crippen molar-refractivity contribution in [2.24, 2.45) is 0 Å². The zero-order chi connectivity index (χ0) is 18.8. The molecule has 2 heterocycles. The number of benzene rings is 2. The molecule has 0 unspecified atom stereocenters. The maximum Gasteiger partial charge on any atom is 0.209 e. The Morgan fingerprint density at radius 2 is 1.89 bits per heavy atom. The van der Waals surface area contributed by atoms with E-state index in [4.69, 9.17) is 19.4 Å². The van der Waals surface area contributed by atoms with Crippen LogP contribution in [0.15, 0.2) is 48.7 Å². The molecule has 2 aromatic carbocycles. The molecule has 4 rings (SSSR count). The Morgan fingerprint density at radius 1 is 1.04 bits per heavy atom. The van der Waals surface area contributed by atoms with Gasteiger partial charge < -0.3 is 14.8 Å². The molecule has 0 saturated carbocycles. The number of hydrogen-bond acceptors (Lipinski definition) is 5. The minimum atomic E-state index is 0.577. The Bertz CT molecular complexity index is 1100. The molecular formula is C21H22N4O2. The minimum Gasteiger partial charge on any atom is -0.497 e. The number of anilines is 1. The SMILES string of the molecule is CCc1cn2c(NCc3ccc(OC)cc3OC)nc3ccccc3c2n1. The smallest absolute Gasteiger partial charge is 0.209 e. The van der Waals surface area contributed by atoms with Crippen LogP contribution in [-0.2, 0) is 13.0 Å². The number of rotatable bonds is 6. The van der Waals surface area contributed by atoms with Crippen LogP contribution >= 0.6 is 0 Å². The fraction of sp³-hybridized carbons (Fsp3) is 0.238. The highest BCUT2D eigenvalue weighted by Gasteiger charge is 2.12. The van der Waals surface area contributed by atoms with Crippen molar-refractivity contribution in [3.05, 3.63) is 59.9 Å².